The third-order valence-electron chi connectivity index (χ3n) is 17.1. The van der Waals surface area contributed by atoms with Crippen molar-refractivity contribution in [3.05, 3.63) is 85.1 Å². The van der Waals surface area contributed by atoms with E-state index in [9.17, 15) is 43.5 Å². The van der Waals surface area contributed by atoms with Crippen LogP contribution in [0.25, 0.3) is 0 Å². The fourth-order valence-electron chi connectivity index (χ4n) is 11.1. The van der Waals surface area contributed by atoms with E-state index >= 15 is 0 Å². The van der Waals surface area contributed by atoms with Gasteiger partial charge < -0.3 is 34.2 Å². The molecule has 99 heavy (non-hydrogen) atoms. The molecule has 16 nitrogen and oxygen atoms in total. The minimum atomic E-state index is -4.92. The van der Waals surface area contributed by atoms with E-state index in [-0.39, 0.29) is 19.3 Å². The van der Waals surface area contributed by atoms with E-state index in [0.717, 1.165) is 122 Å². The molecule has 576 valence electrons. The van der Waals surface area contributed by atoms with Crippen LogP contribution in [0.2, 0.25) is 0 Å². The summed E-state index contributed by atoms with van der Waals surface area (Å²) < 4.78 is 61.0. The van der Waals surface area contributed by atoms with Crippen LogP contribution in [0.15, 0.2) is 85.1 Å². The zero-order valence-corrected chi connectivity index (χ0v) is 64.7. The molecule has 5 atom stereocenters. The van der Waals surface area contributed by atoms with Crippen molar-refractivity contribution in [2.75, 3.05) is 39.6 Å². The highest BCUT2D eigenvalue weighted by atomic mass is 31.2. The number of unbranched alkanes of at least 4 members (excludes halogenated alkanes) is 39. The third-order valence-corrected chi connectivity index (χ3v) is 19.0. The summed E-state index contributed by atoms with van der Waals surface area (Å²) in [5, 5.41) is 20.6. The van der Waals surface area contributed by atoms with Crippen molar-refractivity contribution in [2.24, 2.45) is 0 Å². The van der Waals surface area contributed by atoms with Crippen LogP contribution in [-0.2, 0) is 55.8 Å². The third kappa shape index (κ3) is 75.7. The minimum absolute atomic E-state index is 0.0927. The summed E-state index contributed by atoms with van der Waals surface area (Å²) in [5.74, 6) is -1.57. The van der Waals surface area contributed by atoms with Gasteiger partial charge in [0.25, 0.3) is 0 Å². The van der Waals surface area contributed by atoms with Crippen LogP contribution in [0.3, 0.4) is 0 Å². The Bertz CT molecular complexity index is 2140. The summed E-state index contributed by atoms with van der Waals surface area (Å²) in [4.78, 5) is 58.5. The smallest absolute Gasteiger partial charge is 0.463 e. The van der Waals surface area contributed by atoms with Crippen LogP contribution in [0.5, 0.6) is 0 Å². The predicted octanol–water partition coefficient (Wildman–Crippen LogP) is 23.2. The van der Waals surface area contributed by atoms with Crippen LogP contribution in [0.1, 0.15) is 355 Å². The Balaban J connectivity index is 4.30. The molecule has 0 amide bonds. The lowest BCUT2D eigenvalue weighted by molar-refractivity contribution is -0.161. The van der Waals surface area contributed by atoms with Crippen molar-refractivity contribution >= 4 is 33.6 Å². The number of esters is 3. The predicted molar refractivity (Wildman–Crippen MR) is 408 cm³/mol. The molecule has 0 bridgehead atoms. The maximum Gasteiger partial charge on any atom is 0.472 e. The van der Waals surface area contributed by atoms with Crippen molar-refractivity contribution < 1.29 is 75.8 Å². The average molecular weight is 1440 g/mol. The van der Waals surface area contributed by atoms with Gasteiger partial charge in [0.15, 0.2) is 6.10 Å². The summed E-state index contributed by atoms with van der Waals surface area (Å²) in [6.45, 7) is 2.53. The van der Waals surface area contributed by atoms with Crippen LogP contribution in [0, 0.1) is 0 Å². The molecule has 0 saturated heterocycles. The van der Waals surface area contributed by atoms with Gasteiger partial charge in [-0.1, -0.05) is 331 Å². The van der Waals surface area contributed by atoms with Gasteiger partial charge in [-0.05, 0) is 89.9 Å². The van der Waals surface area contributed by atoms with E-state index in [0.29, 0.717) is 19.3 Å². The standard InChI is InChI=1S/C81H146O16P2/c1-4-7-10-13-16-19-22-25-27-28-29-30-31-32-33-34-35-36-37-38-39-40-41-42-43-44-45-46-48-51-52-55-58-61-64-67-79(84)91-70-76(82)71-93-98(87,88)94-72-77(83)73-95-99(89,90)96-75-78(97-81(86)69-66-63-60-57-54-49-24-21-18-15-12-9-6-3)74-92-80(85)68-65-62-59-56-53-50-47-26-23-20-17-14-11-8-5-2/h7,10,12,15-16,19,21,24-25,27,29-30,32-33,76-78,82-83H,4-6,8-9,11,13-14,17-18,20,22-23,26,28,31,34-75H2,1-3H3,(H,87,88)(H,89,90)/b10-7-,15-12-,19-16-,24-21-,27-25-,30-29-,33-32-. The van der Waals surface area contributed by atoms with Crippen molar-refractivity contribution in [1.82, 2.24) is 0 Å². The number of phosphoric ester groups is 2. The number of aliphatic hydroxyl groups is 2. The quantitative estimate of drug-likeness (QED) is 0.0146. The van der Waals surface area contributed by atoms with E-state index in [1.54, 1.807) is 0 Å². The molecule has 0 heterocycles. The van der Waals surface area contributed by atoms with Gasteiger partial charge in [-0.15, -0.1) is 0 Å². The molecule has 5 unspecified atom stereocenters. The van der Waals surface area contributed by atoms with Crippen molar-refractivity contribution in [2.45, 2.75) is 373 Å². The maximum atomic E-state index is 12.9. The Morgan fingerprint density at radius 3 is 0.889 bits per heavy atom. The molecule has 0 aromatic carbocycles. The SMILES string of the molecule is CC/C=C\C/C=C\C/C=C\C/C=C\C/C=C\CCCCCCCCCCCCCCCCCCCCCC(=O)OCC(O)COP(=O)(O)OCC(O)COP(=O)(O)OCC(COC(=O)CCCCCCCCCCCCCCCCC)OC(=O)CCCCCCC/C=C\C/C=C\CCC. The van der Waals surface area contributed by atoms with Crippen molar-refractivity contribution in [3.8, 4) is 0 Å². The fraction of sp³-hybridized carbons (Fsp3) is 0.790. The monoisotopic (exact) mass is 1440 g/mol. The second-order valence-electron chi connectivity index (χ2n) is 26.8. The summed E-state index contributed by atoms with van der Waals surface area (Å²) in [5.41, 5.74) is 0. The molecular weight excluding hydrogens is 1290 g/mol. The Morgan fingerprint density at radius 2 is 0.556 bits per heavy atom. The molecule has 0 saturated carbocycles. The highest BCUT2D eigenvalue weighted by Crippen LogP contribution is 2.45. The first-order chi connectivity index (χ1) is 48.2. The van der Waals surface area contributed by atoms with Crippen LogP contribution in [0.4, 0.5) is 0 Å². The Hall–Kier alpha value is -3.27. The zero-order chi connectivity index (χ0) is 72.3. The molecule has 0 aliphatic rings. The van der Waals surface area contributed by atoms with E-state index in [1.807, 2.05) is 0 Å². The van der Waals surface area contributed by atoms with E-state index in [4.69, 9.17) is 32.3 Å². The van der Waals surface area contributed by atoms with E-state index in [2.05, 4.69) is 106 Å². The molecule has 0 aliphatic heterocycles. The zero-order valence-electron chi connectivity index (χ0n) is 62.9. The molecule has 0 rings (SSSR count). The number of hydrogen-bond donors (Lipinski definition) is 4. The lowest BCUT2D eigenvalue weighted by atomic mass is 10.0. The first-order valence-electron chi connectivity index (χ1n) is 39.9. The Kier molecular flexibility index (Phi) is 72.0. The van der Waals surface area contributed by atoms with E-state index < -0.39 is 91.5 Å². The molecule has 0 fully saturated rings. The van der Waals surface area contributed by atoms with Gasteiger partial charge in [-0.3, -0.25) is 32.5 Å². The lowest BCUT2D eigenvalue weighted by Crippen LogP contribution is -2.30. The van der Waals surface area contributed by atoms with Gasteiger partial charge in [-0.2, -0.15) is 0 Å². The van der Waals surface area contributed by atoms with Gasteiger partial charge in [0.2, 0.25) is 0 Å². The highest BCUT2D eigenvalue weighted by molar-refractivity contribution is 7.47. The lowest BCUT2D eigenvalue weighted by Gasteiger charge is -2.21. The molecule has 0 aliphatic carbocycles. The normalized spacial score (nSPS) is 14.5. The molecule has 0 radical (unpaired) electrons. The van der Waals surface area contributed by atoms with Crippen molar-refractivity contribution in [3.63, 3.8) is 0 Å². The van der Waals surface area contributed by atoms with Crippen LogP contribution < -0.4 is 0 Å². The van der Waals surface area contributed by atoms with E-state index in [1.165, 1.54) is 173 Å². The molecule has 0 spiro atoms. The average Bonchev–Trinajstić information content (AvgIpc) is 1.09. The van der Waals surface area contributed by atoms with Gasteiger partial charge in [0.05, 0.1) is 26.4 Å². The number of phosphoric acid groups is 2. The Morgan fingerprint density at radius 1 is 0.293 bits per heavy atom. The minimum Gasteiger partial charge on any atom is -0.463 e. The number of carbonyl (C=O) groups excluding carboxylic acids is 3. The first kappa shape index (κ1) is 95.7. The first-order valence-corrected chi connectivity index (χ1v) is 42.9. The van der Waals surface area contributed by atoms with Crippen LogP contribution >= 0.6 is 15.6 Å². The van der Waals surface area contributed by atoms with Gasteiger partial charge >= 0.3 is 33.6 Å². The molecular formula is C81H146O16P2. The highest BCUT2D eigenvalue weighted by Gasteiger charge is 2.29. The molecule has 0 aromatic heterocycles. The number of carbonyl (C=O) groups is 3. The summed E-state index contributed by atoms with van der Waals surface area (Å²) >= 11 is 0. The Labute approximate surface area is 604 Å². The second-order valence-corrected chi connectivity index (χ2v) is 29.8. The number of rotatable bonds is 76. The van der Waals surface area contributed by atoms with Gasteiger partial charge in [0.1, 0.15) is 25.4 Å². The maximum absolute atomic E-state index is 12.9. The summed E-state index contributed by atoms with van der Waals surface area (Å²) in [6, 6.07) is 0. The largest absolute Gasteiger partial charge is 0.472 e. The van der Waals surface area contributed by atoms with Gasteiger partial charge in [0, 0.05) is 19.3 Å². The van der Waals surface area contributed by atoms with Gasteiger partial charge in [-0.25, -0.2) is 9.13 Å². The number of ether oxygens (including phenoxy) is 3. The topological polar surface area (TPSA) is 231 Å². The summed E-state index contributed by atoms with van der Waals surface area (Å²) in [7, 11) is -9.77. The van der Waals surface area contributed by atoms with Crippen LogP contribution in [-0.4, -0.2) is 95.9 Å². The number of allylic oxidation sites excluding steroid dienone is 14. The number of hydrogen-bond acceptors (Lipinski definition) is 14. The summed E-state index contributed by atoms with van der Waals surface area (Å²) in [6.07, 6.45) is 83.8. The second kappa shape index (κ2) is 74.4. The fourth-order valence-corrected chi connectivity index (χ4v) is 12.6. The molecule has 0 aromatic rings. The van der Waals surface area contributed by atoms with Crippen molar-refractivity contribution in [1.29, 1.82) is 0 Å². The molecule has 18 heteroatoms. The molecule has 4 N–H and O–H groups in total. The number of aliphatic hydroxyl groups excluding tert-OH is 2.